The number of aliphatic carboxylic acids is 1. The predicted molar refractivity (Wildman–Crippen MR) is 85.3 cm³/mol. The van der Waals surface area contributed by atoms with E-state index in [0.29, 0.717) is 12.2 Å². The third-order valence-electron chi connectivity index (χ3n) is 3.29. The topological polar surface area (TPSA) is 102 Å². The highest BCUT2D eigenvalue weighted by Crippen LogP contribution is 2.29. The van der Waals surface area contributed by atoms with E-state index in [9.17, 15) is 13.2 Å². The Kier molecular flexibility index (Phi) is 6.83. The van der Waals surface area contributed by atoms with E-state index in [0.717, 1.165) is 0 Å². The molecule has 0 aromatic heterocycles. The van der Waals surface area contributed by atoms with Gasteiger partial charge in [0.1, 0.15) is 0 Å². The van der Waals surface area contributed by atoms with Crippen LogP contribution in [-0.2, 0) is 14.8 Å². The Morgan fingerprint density at radius 2 is 1.83 bits per heavy atom. The first-order valence-electron chi connectivity index (χ1n) is 7.15. The minimum absolute atomic E-state index is 0.0103. The molecule has 1 aromatic rings. The largest absolute Gasteiger partial charge is 0.493 e. The first-order chi connectivity index (χ1) is 10.7. The van der Waals surface area contributed by atoms with Crippen molar-refractivity contribution in [2.45, 2.75) is 25.2 Å². The number of rotatable bonds is 9. The first-order valence-corrected chi connectivity index (χ1v) is 8.64. The monoisotopic (exact) mass is 345 g/mol. The Labute approximate surface area is 136 Å². The number of ether oxygens (including phenoxy) is 2. The van der Waals surface area contributed by atoms with Crippen LogP contribution >= 0.6 is 0 Å². The van der Waals surface area contributed by atoms with Crippen molar-refractivity contribution in [1.82, 2.24) is 4.72 Å². The fraction of sp³-hybridized carbons (Fsp3) is 0.533. The van der Waals surface area contributed by atoms with Gasteiger partial charge in [0, 0.05) is 12.6 Å². The summed E-state index contributed by atoms with van der Waals surface area (Å²) in [6.45, 7) is 3.61. The van der Waals surface area contributed by atoms with Gasteiger partial charge in [-0.15, -0.1) is 0 Å². The molecule has 8 heteroatoms. The third-order valence-corrected chi connectivity index (χ3v) is 4.71. The Morgan fingerprint density at radius 1 is 1.22 bits per heavy atom. The molecule has 0 aliphatic rings. The molecule has 130 valence electrons. The minimum atomic E-state index is -3.83. The molecule has 0 heterocycles. The van der Waals surface area contributed by atoms with E-state index >= 15 is 0 Å². The van der Waals surface area contributed by atoms with Gasteiger partial charge in [-0.25, -0.2) is 13.1 Å². The van der Waals surface area contributed by atoms with Crippen LogP contribution in [0.4, 0.5) is 0 Å². The molecule has 23 heavy (non-hydrogen) atoms. The highest BCUT2D eigenvalue weighted by atomic mass is 32.2. The van der Waals surface area contributed by atoms with Gasteiger partial charge >= 0.3 is 5.97 Å². The number of carboxylic acid groups (broad SMARTS) is 1. The van der Waals surface area contributed by atoms with Gasteiger partial charge in [0.15, 0.2) is 11.5 Å². The molecule has 0 bridgehead atoms. The van der Waals surface area contributed by atoms with Crippen molar-refractivity contribution in [3.05, 3.63) is 18.2 Å². The summed E-state index contributed by atoms with van der Waals surface area (Å²) in [6, 6.07) is 4.19. The van der Waals surface area contributed by atoms with Crippen LogP contribution in [0.25, 0.3) is 0 Å². The Morgan fingerprint density at radius 3 is 2.30 bits per heavy atom. The number of methoxy groups -OCH3 is 2. The average molecular weight is 345 g/mol. The molecule has 0 saturated heterocycles. The average Bonchev–Trinajstić information content (AvgIpc) is 2.50. The summed E-state index contributed by atoms with van der Waals surface area (Å²) in [4.78, 5) is 11.2. The van der Waals surface area contributed by atoms with Crippen LogP contribution in [-0.4, -0.2) is 40.3 Å². The summed E-state index contributed by atoms with van der Waals surface area (Å²) in [6.07, 6.45) is 0.393. The maximum Gasteiger partial charge on any atom is 0.307 e. The molecule has 0 radical (unpaired) electrons. The number of sulfonamides is 1. The lowest BCUT2D eigenvalue weighted by atomic mass is 9.98. The maximum atomic E-state index is 12.3. The number of carboxylic acids is 1. The van der Waals surface area contributed by atoms with Crippen LogP contribution < -0.4 is 14.2 Å². The molecule has 0 aliphatic carbocycles. The van der Waals surface area contributed by atoms with Crippen LogP contribution in [0.1, 0.15) is 20.3 Å². The fourth-order valence-electron chi connectivity index (χ4n) is 2.12. The highest BCUT2D eigenvalue weighted by molar-refractivity contribution is 7.89. The van der Waals surface area contributed by atoms with Crippen molar-refractivity contribution < 1.29 is 27.8 Å². The second-order valence-corrected chi connectivity index (χ2v) is 7.30. The maximum absolute atomic E-state index is 12.3. The molecule has 1 rings (SSSR count). The third kappa shape index (κ3) is 5.40. The Bertz CT molecular complexity index is 641. The first kappa shape index (κ1) is 19.2. The van der Waals surface area contributed by atoms with E-state index in [1.807, 2.05) is 13.8 Å². The van der Waals surface area contributed by atoms with E-state index in [1.165, 1.54) is 32.4 Å². The molecule has 0 fully saturated rings. The molecule has 1 unspecified atom stereocenters. The van der Waals surface area contributed by atoms with Gasteiger partial charge in [-0.1, -0.05) is 13.8 Å². The van der Waals surface area contributed by atoms with Crippen LogP contribution in [0.2, 0.25) is 0 Å². The molecule has 0 saturated carbocycles. The molecular formula is C15H23NO6S. The van der Waals surface area contributed by atoms with Gasteiger partial charge in [0.25, 0.3) is 0 Å². The van der Waals surface area contributed by atoms with Gasteiger partial charge in [0.05, 0.1) is 25.0 Å². The predicted octanol–water partition coefficient (Wildman–Crippen LogP) is 1.73. The second-order valence-electron chi connectivity index (χ2n) is 5.53. The SMILES string of the molecule is COc1ccc(S(=O)(=O)NCC(CC(C)C)C(=O)O)cc1OC. The summed E-state index contributed by atoms with van der Waals surface area (Å²) in [7, 11) is -0.972. The zero-order valence-electron chi connectivity index (χ0n) is 13.7. The molecule has 1 atom stereocenters. The summed E-state index contributed by atoms with van der Waals surface area (Å²) >= 11 is 0. The van der Waals surface area contributed by atoms with E-state index < -0.39 is 21.9 Å². The van der Waals surface area contributed by atoms with Crippen LogP contribution in [0.15, 0.2) is 23.1 Å². The number of carbonyl (C=O) groups is 1. The molecular weight excluding hydrogens is 322 g/mol. The lowest BCUT2D eigenvalue weighted by Gasteiger charge is -2.16. The zero-order chi connectivity index (χ0) is 17.6. The normalized spacial score (nSPS) is 12.9. The van der Waals surface area contributed by atoms with Gasteiger partial charge in [-0.2, -0.15) is 0 Å². The smallest absolute Gasteiger partial charge is 0.307 e. The lowest BCUT2D eigenvalue weighted by molar-refractivity contribution is -0.142. The second kappa shape index (κ2) is 8.16. The van der Waals surface area contributed by atoms with Crippen LogP contribution in [0.3, 0.4) is 0 Å². The minimum Gasteiger partial charge on any atom is -0.493 e. The molecule has 1 aromatic carbocycles. The number of hydrogen-bond donors (Lipinski definition) is 2. The van der Waals surface area contributed by atoms with E-state index in [-0.39, 0.29) is 23.1 Å². The van der Waals surface area contributed by atoms with Crippen molar-refractivity contribution in [1.29, 1.82) is 0 Å². The fourth-order valence-corrected chi connectivity index (χ4v) is 3.21. The highest BCUT2D eigenvalue weighted by Gasteiger charge is 2.23. The molecule has 7 nitrogen and oxygen atoms in total. The van der Waals surface area contributed by atoms with E-state index in [4.69, 9.17) is 14.6 Å². The van der Waals surface area contributed by atoms with Crippen molar-refractivity contribution in [3.63, 3.8) is 0 Å². The lowest BCUT2D eigenvalue weighted by Crippen LogP contribution is -2.33. The van der Waals surface area contributed by atoms with Gasteiger partial charge < -0.3 is 14.6 Å². The van der Waals surface area contributed by atoms with Crippen molar-refractivity contribution in [2.75, 3.05) is 20.8 Å². The quantitative estimate of drug-likeness (QED) is 0.707. The molecule has 0 amide bonds. The van der Waals surface area contributed by atoms with Crippen molar-refractivity contribution in [2.24, 2.45) is 11.8 Å². The summed E-state index contributed by atoms with van der Waals surface area (Å²) in [5.41, 5.74) is 0. The molecule has 0 aliphatic heterocycles. The number of nitrogens with one attached hydrogen (secondary N) is 1. The summed E-state index contributed by atoms with van der Waals surface area (Å²) in [5, 5.41) is 9.17. The van der Waals surface area contributed by atoms with Gasteiger partial charge in [-0.3, -0.25) is 4.79 Å². The zero-order valence-corrected chi connectivity index (χ0v) is 14.5. The van der Waals surface area contributed by atoms with E-state index in [2.05, 4.69) is 4.72 Å². The summed E-state index contributed by atoms with van der Waals surface area (Å²) < 4.78 is 37.1. The standard InChI is InChI=1S/C15H23NO6S/c1-10(2)7-11(15(17)18)9-16-23(19,20)12-5-6-13(21-3)14(8-12)22-4/h5-6,8,10-11,16H,7,9H2,1-4H3,(H,17,18). The number of hydrogen-bond acceptors (Lipinski definition) is 5. The Hall–Kier alpha value is -1.80. The number of benzene rings is 1. The van der Waals surface area contributed by atoms with E-state index in [1.54, 1.807) is 0 Å². The van der Waals surface area contributed by atoms with Gasteiger partial charge in [-0.05, 0) is 24.5 Å². The van der Waals surface area contributed by atoms with Crippen molar-refractivity contribution >= 4 is 16.0 Å². The van der Waals surface area contributed by atoms with Crippen LogP contribution in [0.5, 0.6) is 11.5 Å². The summed E-state index contributed by atoms with van der Waals surface area (Å²) in [5.74, 6) is -0.942. The van der Waals surface area contributed by atoms with Gasteiger partial charge in [0.2, 0.25) is 10.0 Å². The molecule has 2 N–H and O–H groups in total. The van der Waals surface area contributed by atoms with Crippen LogP contribution in [0, 0.1) is 11.8 Å². The van der Waals surface area contributed by atoms with Crippen molar-refractivity contribution in [3.8, 4) is 11.5 Å². The Balaban J connectivity index is 2.92. The molecule has 0 spiro atoms.